The molecule has 0 saturated carbocycles. The minimum absolute atomic E-state index is 0.101. The third-order valence-corrected chi connectivity index (χ3v) is 11.4. The van der Waals surface area contributed by atoms with Crippen LogP contribution in [0.5, 0.6) is 0 Å². The first-order valence-electron chi connectivity index (χ1n) is 13.2. The zero-order valence-electron chi connectivity index (χ0n) is 22.8. The van der Waals surface area contributed by atoms with Gasteiger partial charge in [0.15, 0.2) is 9.84 Å². The second-order valence-corrected chi connectivity index (χ2v) is 14.3. The summed E-state index contributed by atoms with van der Waals surface area (Å²) in [5.41, 5.74) is 1.17. The summed E-state index contributed by atoms with van der Waals surface area (Å²) in [6.07, 6.45) is 1.17. The van der Waals surface area contributed by atoms with Crippen LogP contribution < -0.4 is 10.6 Å². The van der Waals surface area contributed by atoms with E-state index in [1.165, 1.54) is 35.9 Å². The molecule has 42 heavy (non-hydrogen) atoms. The van der Waals surface area contributed by atoms with Crippen LogP contribution in [0.4, 0.5) is 14.6 Å². The first-order chi connectivity index (χ1) is 20.0. The quantitative estimate of drug-likeness (QED) is 0.309. The molecule has 0 spiro atoms. The van der Waals surface area contributed by atoms with E-state index < -0.39 is 39.2 Å². The molecular formula is C28H27ClF2N4O5S2. The smallest absolute Gasteiger partial charge is 0.350 e. The third-order valence-electron chi connectivity index (χ3n) is 8.17. The molecule has 9 nitrogen and oxygen atoms in total. The van der Waals surface area contributed by atoms with E-state index in [0.717, 1.165) is 6.07 Å². The first-order valence-corrected chi connectivity index (χ1v) is 16.4. The monoisotopic (exact) mass is 636 g/mol. The zero-order valence-corrected chi connectivity index (χ0v) is 25.2. The number of thioether (sulfide) groups is 1. The number of ether oxygens (including phenoxy) is 1. The molecule has 1 amide bonds. The van der Waals surface area contributed by atoms with E-state index in [1.54, 1.807) is 17.6 Å². The van der Waals surface area contributed by atoms with E-state index in [9.17, 15) is 22.4 Å². The Kier molecular flexibility index (Phi) is 7.35. The maximum Gasteiger partial charge on any atom is 0.350 e. The van der Waals surface area contributed by atoms with Crippen LogP contribution in [0, 0.1) is 18.6 Å². The number of carbonyl (C=O) groups is 1. The number of hydrogen-bond donors (Lipinski definition) is 0. The minimum Gasteiger partial charge on any atom is -0.383 e. The summed E-state index contributed by atoms with van der Waals surface area (Å²) >= 11 is 7.49. The number of sulfone groups is 1. The van der Waals surface area contributed by atoms with Gasteiger partial charge in [0.1, 0.15) is 17.5 Å². The number of anilines is 1. The lowest BCUT2D eigenvalue weighted by molar-refractivity contribution is -0.128. The molecule has 1 unspecified atom stereocenters. The number of carbonyl (C=O) groups excluding carboxylic acids is 1. The Bertz CT molecular complexity index is 1830. The fourth-order valence-corrected chi connectivity index (χ4v) is 9.92. The van der Waals surface area contributed by atoms with Crippen molar-refractivity contribution in [3.05, 3.63) is 63.6 Å². The average Bonchev–Trinajstić information content (AvgIpc) is 3.27. The number of fused-ring (bicyclic) bond motifs is 1. The van der Waals surface area contributed by atoms with E-state index in [2.05, 4.69) is 11.6 Å². The Labute approximate surface area is 250 Å². The molecule has 3 atom stereocenters. The van der Waals surface area contributed by atoms with Gasteiger partial charge in [-0.1, -0.05) is 18.2 Å². The van der Waals surface area contributed by atoms with Gasteiger partial charge in [0, 0.05) is 53.4 Å². The predicted octanol–water partition coefficient (Wildman–Crippen LogP) is 3.60. The molecule has 3 aliphatic heterocycles. The van der Waals surface area contributed by atoms with E-state index in [4.69, 9.17) is 16.3 Å². The molecule has 222 valence electrons. The number of methoxy groups -OCH3 is 1. The molecule has 0 bridgehead atoms. The first kappa shape index (κ1) is 29.1. The van der Waals surface area contributed by atoms with Crippen LogP contribution in [0.25, 0.3) is 22.0 Å². The lowest BCUT2D eigenvalue weighted by Gasteiger charge is -2.44. The lowest BCUT2D eigenvalue weighted by atomic mass is 9.96. The Hall–Kier alpha value is -3.00. The molecule has 6 rings (SSSR count). The topological polar surface area (TPSA) is 102 Å². The van der Waals surface area contributed by atoms with Gasteiger partial charge in [-0.2, -0.15) is 4.98 Å². The van der Waals surface area contributed by atoms with E-state index in [1.807, 2.05) is 4.90 Å². The van der Waals surface area contributed by atoms with Gasteiger partial charge in [0.2, 0.25) is 5.91 Å². The van der Waals surface area contributed by atoms with Crippen molar-refractivity contribution in [1.82, 2.24) is 14.5 Å². The van der Waals surface area contributed by atoms with Gasteiger partial charge in [-0.15, -0.1) is 11.8 Å². The van der Waals surface area contributed by atoms with Crippen molar-refractivity contribution in [3.63, 3.8) is 0 Å². The summed E-state index contributed by atoms with van der Waals surface area (Å²) in [4.78, 5) is 34.8. The number of halogens is 3. The molecule has 2 aromatic carbocycles. The number of nitrogens with zero attached hydrogens (tertiary/aromatic N) is 4. The molecule has 0 aliphatic carbocycles. The van der Waals surface area contributed by atoms with Crippen molar-refractivity contribution in [3.8, 4) is 11.1 Å². The van der Waals surface area contributed by atoms with Crippen LogP contribution >= 0.6 is 23.4 Å². The standard InChI is InChI=1S/C28H27ClF2N4O5S2/c1-4-23(36)33-5-6-34(22-13-42(38,39)12-21(22)33)27-17-7-14(2)24(16-8-18(29)20(31)9-19(16)30)26-25(17)35(28(37)32-27)15(10-40-3)11-41-26/h4,7-9,15,21-22H,1,5-6,10-13H2,2-3H3/t15-,21?,22+/m0/s1. The molecule has 1 aromatic heterocycles. The van der Waals surface area contributed by atoms with Gasteiger partial charge in [-0.25, -0.2) is 22.0 Å². The number of hydrogen-bond acceptors (Lipinski definition) is 8. The second-order valence-electron chi connectivity index (χ2n) is 10.7. The molecule has 0 radical (unpaired) electrons. The van der Waals surface area contributed by atoms with Gasteiger partial charge >= 0.3 is 5.69 Å². The van der Waals surface area contributed by atoms with E-state index in [-0.39, 0.29) is 53.7 Å². The highest BCUT2D eigenvalue weighted by atomic mass is 35.5. The van der Waals surface area contributed by atoms with Gasteiger partial charge in [0.05, 0.1) is 46.8 Å². The van der Waals surface area contributed by atoms with E-state index >= 15 is 4.39 Å². The SMILES string of the molecule is C=CC(=O)N1CCN(c2nc(=O)n3c4c(c(-c5cc(Cl)c(F)cc5F)c(C)cc24)SC[C@@H]3COC)[C@@H]2CS(=O)(=O)CC21. The van der Waals surface area contributed by atoms with Gasteiger partial charge < -0.3 is 14.5 Å². The van der Waals surface area contributed by atoms with Crippen molar-refractivity contribution >= 4 is 55.8 Å². The number of aryl methyl sites for hydroxylation is 1. The number of rotatable bonds is 5. The largest absolute Gasteiger partial charge is 0.383 e. The summed E-state index contributed by atoms with van der Waals surface area (Å²) in [6.45, 7) is 6.03. The molecule has 14 heteroatoms. The van der Waals surface area contributed by atoms with Gasteiger partial charge in [0.25, 0.3) is 0 Å². The minimum atomic E-state index is -3.48. The Morgan fingerprint density at radius 1 is 1.21 bits per heavy atom. The normalized spacial score (nSPS) is 22.8. The Morgan fingerprint density at radius 3 is 2.67 bits per heavy atom. The molecule has 2 fully saturated rings. The summed E-state index contributed by atoms with van der Waals surface area (Å²) in [5.74, 6) is -1.68. The van der Waals surface area contributed by atoms with Crippen LogP contribution in [0.15, 0.2) is 40.5 Å². The number of aromatic nitrogens is 2. The lowest BCUT2D eigenvalue weighted by Crippen LogP contribution is -2.61. The highest BCUT2D eigenvalue weighted by Crippen LogP contribution is 2.47. The van der Waals surface area contributed by atoms with Crippen molar-refractivity contribution in [2.24, 2.45) is 0 Å². The van der Waals surface area contributed by atoms with Gasteiger partial charge in [-0.3, -0.25) is 9.36 Å². The van der Waals surface area contributed by atoms with Gasteiger partial charge in [-0.05, 0) is 30.7 Å². The average molecular weight is 637 g/mol. The van der Waals surface area contributed by atoms with E-state index in [0.29, 0.717) is 38.5 Å². The van der Waals surface area contributed by atoms with Crippen LogP contribution in [-0.2, 0) is 19.4 Å². The van der Waals surface area contributed by atoms with Crippen LogP contribution in [-0.4, -0.2) is 84.9 Å². The fourth-order valence-electron chi connectivity index (χ4n) is 6.41. The van der Waals surface area contributed by atoms with Crippen molar-refractivity contribution in [1.29, 1.82) is 0 Å². The zero-order chi connectivity index (χ0) is 30.1. The second kappa shape index (κ2) is 10.6. The highest BCUT2D eigenvalue weighted by Gasteiger charge is 2.49. The van der Waals surface area contributed by atoms with Crippen molar-refractivity contribution < 1.29 is 26.7 Å². The highest BCUT2D eigenvalue weighted by molar-refractivity contribution is 7.99. The van der Waals surface area contributed by atoms with Crippen LogP contribution in [0.3, 0.4) is 0 Å². The predicted molar refractivity (Wildman–Crippen MR) is 158 cm³/mol. The summed E-state index contributed by atoms with van der Waals surface area (Å²) < 4.78 is 61.9. The molecule has 0 N–H and O–H groups in total. The Morgan fingerprint density at radius 2 is 1.95 bits per heavy atom. The molecule has 4 heterocycles. The third kappa shape index (κ3) is 4.61. The summed E-state index contributed by atoms with van der Waals surface area (Å²) in [6, 6.07) is 2.15. The van der Waals surface area contributed by atoms with Crippen molar-refractivity contribution in [2.45, 2.75) is 29.9 Å². The summed E-state index contributed by atoms with van der Waals surface area (Å²) in [7, 11) is -1.95. The molecule has 2 saturated heterocycles. The van der Waals surface area contributed by atoms with Crippen LogP contribution in [0.2, 0.25) is 5.02 Å². The number of benzene rings is 2. The van der Waals surface area contributed by atoms with Crippen LogP contribution in [0.1, 0.15) is 11.6 Å². The van der Waals surface area contributed by atoms with Crippen molar-refractivity contribution in [2.75, 3.05) is 49.0 Å². The maximum absolute atomic E-state index is 15.2. The summed E-state index contributed by atoms with van der Waals surface area (Å²) in [5, 5.41) is 0.351. The molecule has 3 aliphatic rings. The molecule has 3 aromatic rings. The number of piperazine rings is 1. The Balaban J connectivity index is 1.61. The maximum atomic E-state index is 15.2. The fraction of sp³-hybridized carbons (Fsp3) is 0.393. The molecular weight excluding hydrogens is 610 g/mol. The number of amides is 1.